The number of esters is 1. The van der Waals surface area contributed by atoms with Crippen molar-refractivity contribution >= 4 is 23.3 Å². The zero-order valence-corrected chi connectivity index (χ0v) is 10.9. The van der Waals surface area contributed by atoms with Crippen molar-refractivity contribution < 1.29 is 19.2 Å². The van der Waals surface area contributed by atoms with E-state index in [1.165, 1.54) is 6.07 Å². The van der Waals surface area contributed by atoms with Crippen molar-refractivity contribution in [3.63, 3.8) is 0 Å². The Hall–Kier alpha value is -2.44. The van der Waals surface area contributed by atoms with Crippen molar-refractivity contribution in [3.05, 3.63) is 33.4 Å². The Kier molecular flexibility index (Phi) is 4.57. The van der Waals surface area contributed by atoms with Crippen LogP contribution in [0.4, 0.5) is 11.4 Å². The van der Waals surface area contributed by atoms with Crippen molar-refractivity contribution in [1.82, 2.24) is 0 Å². The summed E-state index contributed by atoms with van der Waals surface area (Å²) in [5.41, 5.74) is 0.950. The number of carbonyl (C=O) groups is 2. The van der Waals surface area contributed by atoms with E-state index >= 15 is 0 Å². The predicted molar refractivity (Wildman–Crippen MR) is 67.8 cm³/mol. The van der Waals surface area contributed by atoms with Crippen LogP contribution in [0.2, 0.25) is 0 Å². The summed E-state index contributed by atoms with van der Waals surface area (Å²) < 4.78 is 4.52. The lowest BCUT2D eigenvalue weighted by Crippen LogP contribution is -2.25. The van der Waals surface area contributed by atoms with Gasteiger partial charge in [-0.3, -0.25) is 14.9 Å². The molecule has 0 spiro atoms. The van der Waals surface area contributed by atoms with Gasteiger partial charge in [0.25, 0.3) is 5.69 Å². The van der Waals surface area contributed by atoms with Crippen LogP contribution in [-0.2, 0) is 14.3 Å². The Morgan fingerprint density at radius 2 is 2.00 bits per heavy atom. The quantitative estimate of drug-likeness (QED) is 0.388. The summed E-state index contributed by atoms with van der Waals surface area (Å²) in [6.45, 7) is 4.93. The lowest BCUT2D eigenvalue weighted by Gasteiger charge is -2.09. The summed E-state index contributed by atoms with van der Waals surface area (Å²) in [6.07, 6.45) is 0. The maximum Gasteiger partial charge on any atom is 0.397 e. The third-order valence-electron chi connectivity index (χ3n) is 2.36. The molecule has 0 saturated carbocycles. The van der Waals surface area contributed by atoms with Gasteiger partial charge in [0, 0.05) is 6.07 Å². The highest BCUT2D eigenvalue weighted by molar-refractivity contribution is 6.37. The highest BCUT2D eigenvalue weighted by Gasteiger charge is 2.22. The van der Waals surface area contributed by atoms with Gasteiger partial charge in [-0.15, -0.1) is 0 Å². The summed E-state index contributed by atoms with van der Waals surface area (Å²) in [5, 5.41) is 13.2. The second kappa shape index (κ2) is 5.94. The number of nitro benzene ring substituents is 1. The normalized spacial score (nSPS) is 9.84. The Morgan fingerprint density at radius 3 is 2.53 bits per heavy atom. The third kappa shape index (κ3) is 3.51. The molecule has 0 unspecified atom stereocenters. The van der Waals surface area contributed by atoms with Gasteiger partial charge in [0.2, 0.25) is 0 Å². The van der Waals surface area contributed by atoms with Crippen LogP contribution in [0.5, 0.6) is 0 Å². The van der Waals surface area contributed by atoms with Crippen molar-refractivity contribution in [1.29, 1.82) is 0 Å². The van der Waals surface area contributed by atoms with Crippen LogP contribution in [0, 0.1) is 24.0 Å². The maximum atomic E-state index is 11.5. The van der Waals surface area contributed by atoms with Gasteiger partial charge >= 0.3 is 11.9 Å². The standard InChI is InChI=1S/C12H14N2O5/c1-4-19-12(16)11(15)13-10-8(3)5-7(2)6-9(10)14(17)18/h5-6H,4H2,1-3H3,(H,13,15). The van der Waals surface area contributed by atoms with Crippen molar-refractivity contribution in [2.45, 2.75) is 20.8 Å². The SMILES string of the molecule is CCOC(=O)C(=O)Nc1c(C)cc(C)cc1[N+](=O)[O-]. The van der Waals surface area contributed by atoms with Gasteiger partial charge in [0.05, 0.1) is 11.5 Å². The van der Waals surface area contributed by atoms with Gasteiger partial charge in [0.15, 0.2) is 0 Å². The van der Waals surface area contributed by atoms with Crippen LogP contribution in [0.1, 0.15) is 18.1 Å². The molecule has 0 radical (unpaired) electrons. The first-order valence-electron chi connectivity index (χ1n) is 5.60. The fraction of sp³-hybridized carbons (Fsp3) is 0.333. The first-order valence-corrected chi connectivity index (χ1v) is 5.60. The lowest BCUT2D eigenvalue weighted by molar-refractivity contribution is -0.384. The van der Waals surface area contributed by atoms with Crippen LogP contribution in [0.25, 0.3) is 0 Å². The number of nitro groups is 1. The Balaban J connectivity index is 3.10. The molecular formula is C12H14N2O5. The number of aryl methyl sites for hydroxylation is 2. The highest BCUT2D eigenvalue weighted by Crippen LogP contribution is 2.29. The molecule has 0 aliphatic heterocycles. The maximum absolute atomic E-state index is 11.5. The third-order valence-corrected chi connectivity index (χ3v) is 2.36. The molecule has 0 heterocycles. The smallest absolute Gasteiger partial charge is 0.397 e. The van der Waals surface area contributed by atoms with E-state index in [9.17, 15) is 19.7 Å². The number of anilines is 1. The molecule has 1 rings (SSSR count). The van der Waals surface area contributed by atoms with Crippen LogP contribution < -0.4 is 5.32 Å². The lowest BCUT2D eigenvalue weighted by atomic mass is 10.1. The van der Waals surface area contributed by atoms with E-state index in [0.717, 1.165) is 0 Å². The predicted octanol–water partition coefficient (Wildman–Crippen LogP) is 1.71. The molecule has 0 atom stereocenters. The van der Waals surface area contributed by atoms with Crippen LogP contribution >= 0.6 is 0 Å². The number of hydrogen-bond donors (Lipinski definition) is 1. The Morgan fingerprint density at radius 1 is 1.37 bits per heavy atom. The summed E-state index contributed by atoms with van der Waals surface area (Å²) in [4.78, 5) is 33.0. The minimum absolute atomic E-state index is 0.00801. The molecule has 7 nitrogen and oxygen atoms in total. The molecule has 1 aromatic carbocycles. The van der Waals surface area contributed by atoms with E-state index in [-0.39, 0.29) is 18.0 Å². The summed E-state index contributed by atoms with van der Waals surface area (Å²) in [7, 11) is 0. The van der Waals surface area contributed by atoms with Gasteiger partial charge in [-0.25, -0.2) is 4.79 Å². The second-order valence-corrected chi connectivity index (χ2v) is 3.91. The Bertz CT molecular complexity index is 539. The molecule has 1 N–H and O–H groups in total. The zero-order chi connectivity index (χ0) is 14.6. The molecule has 0 aliphatic carbocycles. The zero-order valence-electron chi connectivity index (χ0n) is 10.9. The number of benzene rings is 1. The molecule has 0 saturated heterocycles. The number of ether oxygens (including phenoxy) is 1. The molecule has 0 aromatic heterocycles. The minimum atomic E-state index is -1.07. The largest absolute Gasteiger partial charge is 0.459 e. The fourth-order valence-electron chi connectivity index (χ4n) is 1.61. The topological polar surface area (TPSA) is 98.5 Å². The molecule has 19 heavy (non-hydrogen) atoms. The van der Waals surface area contributed by atoms with E-state index in [1.54, 1.807) is 26.8 Å². The minimum Gasteiger partial charge on any atom is -0.459 e. The van der Waals surface area contributed by atoms with E-state index in [2.05, 4.69) is 10.1 Å². The van der Waals surface area contributed by atoms with Gasteiger partial charge in [-0.1, -0.05) is 6.07 Å². The summed E-state index contributed by atoms with van der Waals surface area (Å²) >= 11 is 0. The van der Waals surface area contributed by atoms with Gasteiger partial charge in [0.1, 0.15) is 5.69 Å². The van der Waals surface area contributed by atoms with E-state index in [0.29, 0.717) is 11.1 Å². The number of hydrogen-bond acceptors (Lipinski definition) is 5. The average molecular weight is 266 g/mol. The summed E-state index contributed by atoms with van der Waals surface area (Å²) in [5.74, 6) is -2.10. The summed E-state index contributed by atoms with van der Waals surface area (Å²) in [6, 6.07) is 3.00. The number of nitrogens with one attached hydrogen (secondary N) is 1. The second-order valence-electron chi connectivity index (χ2n) is 3.91. The van der Waals surface area contributed by atoms with Gasteiger partial charge in [-0.2, -0.15) is 0 Å². The van der Waals surface area contributed by atoms with Crippen LogP contribution in [-0.4, -0.2) is 23.4 Å². The van der Waals surface area contributed by atoms with Crippen LogP contribution in [0.3, 0.4) is 0 Å². The van der Waals surface area contributed by atoms with E-state index in [4.69, 9.17) is 0 Å². The molecule has 0 fully saturated rings. The highest BCUT2D eigenvalue weighted by atomic mass is 16.6. The molecule has 102 valence electrons. The molecular weight excluding hydrogens is 252 g/mol. The van der Waals surface area contributed by atoms with E-state index in [1.807, 2.05) is 0 Å². The average Bonchev–Trinajstić information content (AvgIpc) is 2.32. The van der Waals surface area contributed by atoms with Gasteiger partial charge in [-0.05, 0) is 31.9 Å². The van der Waals surface area contributed by atoms with Gasteiger partial charge < -0.3 is 10.1 Å². The monoisotopic (exact) mass is 266 g/mol. The first kappa shape index (κ1) is 14.6. The molecule has 7 heteroatoms. The Labute approximate surface area is 109 Å². The fourth-order valence-corrected chi connectivity index (χ4v) is 1.61. The van der Waals surface area contributed by atoms with Crippen molar-refractivity contribution in [2.75, 3.05) is 11.9 Å². The number of rotatable bonds is 3. The number of amides is 1. The molecule has 0 bridgehead atoms. The number of nitrogens with zero attached hydrogens (tertiary/aromatic N) is 1. The van der Waals surface area contributed by atoms with Crippen molar-refractivity contribution in [2.24, 2.45) is 0 Å². The molecule has 0 aliphatic rings. The van der Waals surface area contributed by atoms with E-state index < -0.39 is 16.8 Å². The number of carbonyl (C=O) groups excluding carboxylic acids is 2. The van der Waals surface area contributed by atoms with Crippen molar-refractivity contribution in [3.8, 4) is 0 Å². The van der Waals surface area contributed by atoms with Crippen LogP contribution in [0.15, 0.2) is 12.1 Å². The molecule has 1 amide bonds. The first-order chi connectivity index (χ1) is 8.86. The molecule has 1 aromatic rings.